The topological polar surface area (TPSA) is 64.6 Å². The SMILES string of the molecule is CC(C)(C)OC(=O)/C=C1/CNCCC1SCOC(=O)C(C)(C)C. The van der Waals surface area contributed by atoms with Crippen LogP contribution in [0.25, 0.3) is 0 Å². The lowest BCUT2D eigenvalue weighted by Crippen LogP contribution is -2.33. The molecule has 0 radical (unpaired) electrons. The zero-order valence-corrected chi connectivity index (χ0v) is 15.8. The third-order valence-electron chi connectivity index (χ3n) is 3.11. The average molecular weight is 343 g/mol. The highest BCUT2D eigenvalue weighted by Crippen LogP contribution is 2.26. The van der Waals surface area contributed by atoms with Crippen molar-refractivity contribution >= 4 is 23.7 Å². The summed E-state index contributed by atoms with van der Waals surface area (Å²) in [6.45, 7) is 12.6. The minimum absolute atomic E-state index is 0.163. The molecule has 1 heterocycles. The highest BCUT2D eigenvalue weighted by Gasteiger charge is 2.25. The molecule has 1 aliphatic heterocycles. The Labute approximate surface area is 143 Å². The van der Waals surface area contributed by atoms with Crippen molar-refractivity contribution in [2.75, 3.05) is 19.0 Å². The summed E-state index contributed by atoms with van der Waals surface area (Å²) in [7, 11) is 0. The number of thioether (sulfide) groups is 1. The number of ether oxygens (including phenoxy) is 2. The maximum Gasteiger partial charge on any atom is 0.331 e. The van der Waals surface area contributed by atoms with E-state index in [1.54, 1.807) is 17.8 Å². The molecule has 6 heteroatoms. The molecule has 0 aromatic heterocycles. The van der Waals surface area contributed by atoms with E-state index < -0.39 is 11.0 Å². The first-order valence-electron chi connectivity index (χ1n) is 7.92. The molecule has 0 amide bonds. The summed E-state index contributed by atoms with van der Waals surface area (Å²) in [5.74, 6) is -0.239. The number of hydrogen-bond donors (Lipinski definition) is 1. The Morgan fingerprint density at radius 2 is 1.91 bits per heavy atom. The van der Waals surface area contributed by atoms with Crippen LogP contribution >= 0.6 is 11.8 Å². The zero-order chi connectivity index (χ0) is 17.7. The Hall–Kier alpha value is -1.01. The van der Waals surface area contributed by atoms with E-state index in [1.807, 2.05) is 41.5 Å². The Morgan fingerprint density at radius 3 is 2.48 bits per heavy atom. The fourth-order valence-corrected chi connectivity index (χ4v) is 2.96. The molecular weight excluding hydrogens is 314 g/mol. The summed E-state index contributed by atoms with van der Waals surface area (Å²) in [4.78, 5) is 23.8. The van der Waals surface area contributed by atoms with Crippen LogP contribution in [0.4, 0.5) is 0 Å². The van der Waals surface area contributed by atoms with Gasteiger partial charge in [-0.05, 0) is 60.1 Å². The van der Waals surface area contributed by atoms with Crippen LogP contribution in [0.2, 0.25) is 0 Å². The van der Waals surface area contributed by atoms with E-state index >= 15 is 0 Å². The number of nitrogens with one attached hydrogen (secondary N) is 1. The number of carbonyl (C=O) groups is 2. The summed E-state index contributed by atoms with van der Waals surface area (Å²) < 4.78 is 10.6. The van der Waals surface area contributed by atoms with Crippen molar-refractivity contribution in [2.45, 2.75) is 58.8 Å². The standard InChI is InChI=1S/C17H29NO4S/c1-16(2,3)15(20)21-11-23-13-7-8-18-10-12(13)9-14(19)22-17(4,5)6/h9,13,18H,7-8,10-11H2,1-6H3/b12-9-. The van der Waals surface area contributed by atoms with Crippen LogP contribution in [-0.2, 0) is 19.1 Å². The van der Waals surface area contributed by atoms with Crippen molar-refractivity contribution in [3.63, 3.8) is 0 Å². The lowest BCUT2D eigenvalue weighted by molar-refractivity contribution is -0.150. The molecule has 1 unspecified atom stereocenters. The summed E-state index contributed by atoms with van der Waals surface area (Å²) in [5.41, 5.74) is -0.00681. The second-order valence-corrected chi connectivity index (χ2v) is 8.81. The van der Waals surface area contributed by atoms with Crippen molar-refractivity contribution < 1.29 is 19.1 Å². The molecule has 23 heavy (non-hydrogen) atoms. The smallest absolute Gasteiger partial charge is 0.331 e. The minimum atomic E-state index is -0.499. The van der Waals surface area contributed by atoms with Gasteiger partial charge in [0.2, 0.25) is 0 Å². The van der Waals surface area contributed by atoms with Gasteiger partial charge in [-0.1, -0.05) is 0 Å². The van der Waals surface area contributed by atoms with Gasteiger partial charge in [-0.25, -0.2) is 4.79 Å². The molecule has 1 fully saturated rings. The van der Waals surface area contributed by atoms with Gasteiger partial charge in [-0.3, -0.25) is 4.79 Å². The first kappa shape index (κ1) is 20.0. The van der Waals surface area contributed by atoms with Crippen molar-refractivity contribution in [1.29, 1.82) is 0 Å². The molecule has 1 atom stereocenters. The van der Waals surface area contributed by atoms with Crippen LogP contribution in [-0.4, -0.2) is 41.8 Å². The molecular formula is C17H29NO4S. The van der Waals surface area contributed by atoms with Crippen LogP contribution in [0, 0.1) is 5.41 Å². The lowest BCUT2D eigenvalue weighted by Gasteiger charge is -2.26. The molecule has 0 aliphatic carbocycles. The second kappa shape index (κ2) is 8.20. The highest BCUT2D eigenvalue weighted by atomic mass is 32.2. The first-order valence-corrected chi connectivity index (χ1v) is 8.97. The predicted octanol–water partition coefficient (Wildman–Crippen LogP) is 2.90. The van der Waals surface area contributed by atoms with Gasteiger partial charge in [0, 0.05) is 17.9 Å². The maximum atomic E-state index is 12.0. The molecule has 1 aliphatic rings. The minimum Gasteiger partial charge on any atom is -0.457 e. The van der Waals surface area contributed by atoms with Crippen molar-refractivity contribution in [2.24, 2.45) is 5.41 Å². The van der Waals surface area contributed by atoms with Gasteiger partial charge < -0.3 is 14.8 Å². The van der Waals surface area contributed by atoms with Gasteiger partial charge >= 0.3 is 11.9 Å². The number of rotatable bonds is 4. The van der Waals surface area contributed by atoms with E-state index in [-0.39, 0.29) is 17.2 Å². The molecule has 0 spiro atoms. The monoisotopic (exact) mass is 343 g/mol. The molecule has 5 nitrogen and oxygen atoms in total. The van der Waals surface area contributed by atoms with E-state index in [4.69, 9.17) is 9.47 Å². The zero-order valence-electron chi connectivity index (χ0n) is 15.0. The molecule has 0 bridgehead atoms. The van der Waals surface area contributed by atoms with Gasteiger partial charge in [0.15, 0.2) is 0 Å². The third-order valence-corrected chi connectivity index (χ3v) is 4.30. The first-order chi connectivity index (χ1) is 10.5. The van der Waals surface area contributed by atoms with Crippen molar-refractivity contribution in [3.05, 3.63) is 11.6 Å². The van der Waals surface area contributed by atoms with Crippen molar-refractivity contribution in [3.8, 4) is 0 Å². The van der Waals surface area contributed by atoms with Gasteiger partial charge in [-0.2, -0.15) is 0 Å². The number of piperidine rings is 1. The van der Waals surface area contributed by atoms with Gasteiger partial charge in [0.1, 0.15) is 11.5 Å². The van der Waals surface area contributed by atoms with E-state index in [2.05, 4.69) is 5.32 Å². The molecule has 132 valence electrons. The average Bonchev–Trinajstić information content (AvgIpc) is 2.37. The number of esters is 2. The normalized spacial score (nSPS) is 21.1. The molecule has 0 saturated carbocycles. The summed E-state index contributed by atoms with van der Waals surface area (Å²) in [5, 5.41) is 3.42. The molecule has 1 rings (SSSR count). The van der Waals surface area contributed by atoms with E-state index in [0.29, 0.717) is 12.5 Å². The third kappa shape index (κ3) is 7.88. The van der Waals surface area contributed by atoms with Crippen LogP contribution in [0.5, 0.6) is 0 Å². The Balaban J connectivity index is 2.58. The van der Waals surface area contributed by atoms with E-state index in [1.165, 1.54) is 0 Å². The summed E-state index contributed by atoms with van der Waals surface area (Å²) in [6.07, 6.45) is 2.47. The quantitative estimate of drug-likeness (QED) is 0.481. The lowest BCUT2D eigenvalue weighted by atomic mass is 9.98. The Morgan fingerprint density at radius 1 is 1.26 bits per heavy atom. The fraction of sp³-hybridized carbons (Fsp3) is 0.765. The largest absolute Gasteiger partial charge is 0.457 e. The number of carbonyl (C=O) groups excluding carboxylic acids is 2. The molecule has 1 N–H and O–H groups in total. The molecule has 0 aromatic rings. The van der Waals surface area contributed by atoms with Crippen LogP contribution in [0.3, 0.4) is 0 Å². The Bertz CT molecular complexity index is 460. The molecule has 1 saturated heterocycles. The van der Waals surface area contributed by atoms with Crippen LogP contribution in [0.1, 0.15) is 48.0 Å². The predicted molar refractivity (Wildman–Crippen MR) is 93.2 cm³/mol. The molecule has 0 aromatic carbocycles. The van der Waals surface area contributed by atoms with Gasteiger partial charge in [0.25, 0.3) is 0 Å². The van der Waals surface area contributed by atoms with Gasteiger partial charge in [0.05, 0.1) is 5.41 Å². The van der Waals surface area contributed by atoms with E-state index in [0.717, 1.165) is 18.5 Å². The van der Waals surface area contributed by atoms with E-state index in [9.17, 15) is 9.59 Å². The summed E-state index contributed by atoms with van der Waals surface area (Å²) >= 11 is 1.55. The van der Waals surface area contributed by atoms with Gasteiger partial charge in [-0.15, -0.1) is 11.8 Å². The van der Waals surface area contributed by atoms with Crippen LogP contribution in [0.15, 0.2) is 11.6 Å². The number of hydrogen-bond acceptors (Lipinski definition) is 6. The highest BCUT2D eigenvalue weighted by molar-refractivity contribution is 7.99. The maximum absolute atomic E-state index is 12.0. The van der Waals surface area contributed by atoms with Crippen LogP contribution < -0.4 is 5.32 Å². The Kier molecular flexibility index (Phi) is 7.14. The summed E-state index contributed by atoms with van der Waals surface area (Å²) in [6, 6.07) is 0. The fourth-order valence-electron chi connectivity index (χ4n) is 1.97. The van der Waals surface area contributed by atoms with Crippen molar-refractivity contribution in [1.82, 2.24) is 5.32 Å². The second-order valence-electron chi connectivity index (χ2n) is 7.67.